The van der Waals surface area contributed by atoms with E-state index in [1.165, 1.54) is 24.1 Å². The molecule has 1 nitrogen and oxygen atoms in total. The Morgan fingerprint density at radius 3 is 2.20 bits per heavy atom. The van der Waals surface area contributed by atoms with Crippen LogP contribution in [0, 0.1) is 23.7 Å². The van der Waals surface area contributed by atoms with Gasteiger partial charge >= 0.3 is 0 Å². The summed E-state index contributed by atoms with van der Waals surface area (Å²) in [6, 6.07) is 7.59. The van der Waals surface area contributed by atoms with Crippen LogP contribution in [0.4, 0.5) is 5.69 Å². The quantitative estimate of drug-likeness (QED) is 0.751. The van der Waals surface area contributed by atoms with Crippen molar-refractivity contribution < 1.29 is 0 Å². The molecule has 0 radical (unpaired) electrons. The summed E-state index contributed by atoms with van der Waals surface area (Å²) in [6.07, 6.45) is 2.50. The van der Waals surface area contributed by atoms with Crippen molar-refractivity contribution in [1.82, 2.24) is 0 Å². The molecular formula is C19H29N. The molecule has 0 saturated heterocycles. The average molecular weight is 271 g/mol. The Morgan fingerprint density at radius 2 is 1.55 bits per heavy atom. The molecule has 3 rings (SSSR count). The normalized spacial score (nSPS) is 40.2. The Bertz CT molecular complexity index is 479. The molecule has 5 atom stereocenters. The molecule has 20 heavy (non-hydrogen) atoms. The maximum atomic E-state index is 3.78. The van der Waals surface area contributed by atoms with E-state index in [0.717, 1.165) is 23.7 Å². The lowest BCUT2D eigenvalue weighted by atomic mass is 9.80. The molecule has 1 heterocycles. The third kappa shape index (κ3) is 2.06. The summed E-state index contributed by atoms with van der Waals surface area (Å²) in [5.74, 6) is 3.93. The number of nitrogens with one attached hydrogen (secondary N) is 1. The second kappa shape index (κ2) is 5.09. The topological polar surface area (TPSA) is 12.0 Å². The van der Waals surface area contributed by atoms with Crippen LogP contribution in [-0.4, -0.2) is 6.04 Å². The zero-order valence-corrected chi connectivity index (χ0v) is 13.6. The first kappa shape index (κ1) is 14.0. The summed E-state index contributed by atoms with van der Waals surface area (Å²) < 4.78 is 0. The lowest BCUT2D eigenvalue weighted by Gasteiger charge is -2.31. The van der Waals surface area contributed by atoms with Crippen molar-refractivity contribution in [3.8, 4) is 0 Å². The molecular weight excluding hydrogens is 242 g/mol. The van der Waals surface area contributed by atoms with Crippen molar-refractivity contribution >= 4 is 5.69 Å². The van der Waals surface area contributed by atoms with E-state index in [2.05, 4.69) is 58.1 Å². The Hall–Kier alpha value is -0.980. The van der Waals surface area contributed by atoms with Gasteiger partial charge in [-0.15, -0.1) is 0 Å². The zero-order valence-electron chi connectivity index (χ0n) is 13.6. The van der Waals surface area contributed by atoms with Gasteiger partial charge in [0.05, 0.1) is 0 Å². The lowest BCUT2D eigenvalue weighted by Crippen LogP contribution is -2.25. The highest BCUT2D eigenvalue weighted by Gasteiger charge is 2.43. The van der Waals surface area contributed by atoms with Crippen LogP contribution in [0.2, 0.25) is 0 Å². The van der Waals surface area contributed by atoms with Gasteiger partial charge in [0.25, 0.3) is 0 Å². The maximum absolute atomic E-state index is 3.78. The second-order valence-corrected chi connectivity index (χ2v) is 7.43. The van der Waals surface area contributed by atoms with Crippen molar-refractivity contribution in [3.05, 3.63) is 29.3 Å². The van der Waals surface area contributed by atoms with Crippen LogP contribution in [-0.2, 0) is 6.42 Å². The molecule has 2 aliphatic rings. The fourth-order valence-corrected chi connectivity index (χ4v) is 4.63. The molecule has 1 aromatic carbocycles. The summed E-state index contributed by atoms with van der Waals surface area (Å²) in [7, 11) is 0. The molecule has 0 aromatic heterocycles. The van der Waals surface area contributed by atoms with Gasteiger partial charge in [0.15, 0.2) is 0 Å². The number of fused-ring (bicyclic) bond motifs is 1. The highest BCUT2D eigenvalue weighted by Crippen LogP contribution is 2.52. The van der Waals surface area contributed by atoms with Gasteiger partial charge < -0.3 is 5.32 Å². The van der Waals surface area contributed by atoms with E-state index in [4.69, 9.17) is 0 Å². The molecule has 1 N–H and O–H groups in total. The number of aryl methyl sites for hydroxylation is 1. The second-order valence-electron chi connectivity index (χ2n) is 7.43. The van der Waals surface area contributed by atoms with Crippen LogP contribution >= 0.6 is 0 Å². The molecule has 0 spiro atoms. The minimum absolute atomic E-state index is 0.616. The average Bonchev–Trinajstić information content (AvgIpc) is 2.63. The Morgan fingerprint density at radius 1 is 0.900 bits per heavy atom. The maximum Gasteiger partial charge on any atom is 0.0410 e. The van der Waals surface area contributed by atoms with Crippen molar-refractivity contribution in [2.75, 3.05) is 5.32 Å². The standard InChI is InChI=1S/C19H29N/c1-11-9-10-16-7-6-8-17(19(16)20-11)18-14(4)12(2)13(3)15(18)5/h6-8,11-15,18,20H,9-10H2,1-5H3. The number of anilines is 1. The summed E-state index contributed by atoms with van der Waals surface area (Å²) in [6.45, 7) is 12.1. The van der Waals surface area contributed by atoms with Gasteiger partial charge in [-0.3, -0.25) is 0 Å². The lowest BCUT2D eigenvalue weighted by molar-refractivity contribution is 0.352. The van der Waals surface area contributed by atoms with Gasteiger partial charge in [0.2, 0.25) is 0 Å². The molecule has 1 heteroatoms. The Labute approximate surface area is 124 Å². The van der Waals surface area contributed by atoms with Crippen LogP contribution < -0.4 is 5.32 Å². The third-order valence-corrected chi connectivity index (χ3v) is 6.40. The Balaban J connectivity index is 2.03. The van der Waals surface area contributed by atoms with Crippen LogP contribution in [0.3, 0.4) is 0 Å². The van der Waals surface area contributed by atoms with E-state index < -0.39 is 0 Å². The van der Waals surface area contributed by atoms with Gasteiger partial charge in [-0.1, -0.05) is 45.9 Å². The number of hydrogen-bond acceptors (Lipinski definition) is 1. The molecule has 1 aliphatic carbocycles. The summed E-state index contributed by atoms with van der Waals surface area (Å²) in [5, 5.41) is 3.78. The Kier molecular flexibility index (Phi) is 3.56. The monoisotopic (exact) mass is 271 g/mol. The minimum Gasteiger partial charge on any atom is -0.382 e. The van der Waals surface area contributed by atoms with Crippen molar-refractivity contribution in [3.63, 3.8) is 0 Å². The molecule has 0 bridgehead atoms. The molecule has 110 valence electrons. The number of hydrogen-bond donors (Lipinski definition) is 1. The van der Waals surface area contributed by atoms with Crippen molar-refractivity contribution in [1.29, 1.82) is 0 Å². The van der Waals surface area contributed by atoms with Gasteiger partial charge in [0, 0.05) is 11.7 Å². The summed E-state index contributed by atoms with van der Waals surface area (Å²) in [5.41, 5.74) is 4.59. The molecule has 0 amide bonds. The predicted octanol–water partition coefficient (Wildman–Crippen LogP) is 5.07. The van der Waals surface area contributed by atoms with E-state index >= 15 is 0 Å². The van der Waals surface area contributed by atoms with E-state index in [1.54, 1.807) is 5.56 Å². The van der Waals surface area contributed by atoms with E-state index in [9.17, 15) is 0 Å². The summed E-state index contributed by atoms with van der Waals surface area (Å²) in [4.78, 5) is 0. The molecule has 1 aliphatic heterocycles. The fraction of sp³-hybridized carbons (Fsp3) is 0.684. The van der Waals surface area contributed by atoms with E-state index in [-0.39, 0.29) is 0 Å². The molecule has 1 saturated carbocycles. The first-order chi connectivity index (χ1) is 9.50. The van der Waals surface area contributed by atoms with Gasteiger partial charge in [-0.2, -0.15) is 0 Å². The smallest absolute Gasteiger partial charge is 0.0410 e. The molecule has 5 unspecified atom stereocenters. The van der Waals surface area contributed by atoms with Crippen molar-refractivity contribution in [2.45, 2.75) is 59.4 Å². The van der Waals surface area contributed by atoms with E-state index in [1.807, 2.05) is 0 Å². The number of rotatable bonds is 1. The summed E-state index contributed by atoms with van der Waals surface area (Å²) >= 11 is 0. The molecule has 1 aromatic rings. The van der Waals surface area contributed by atoms with Crippen LogP contribution in [0.5, 0.6) is 0 Å². The van der Waals surface area contributed by atoms with Gasteiger partial charge in [-0.25, -0.2) is 0 Å². The predicted molar refractivity (Wildman–Crippen MR) is 87.2 cm³/mol. The number of benzene rings is 1. The van der Waals surface area contributed by atoms with Crippen molar-refractivity contribution in [2.24, 2.45) is 23.7 Å². The van der Waals surface area contributed by atoms with Crippen LogP contribution in [0.1, 0.15) is 58.1 Å². The highest BCUT2D eigenvalue weighted by atomic mass is 14.9. The first-order valence-corrected chi connectivity index (χ1v) is 8.39. The van der Waals surface area contributed by atoms with Crippen LogP contribution in [0.25, 0.3) is 0 Å². The van der Waals surface area contributed by atoms with Gasteiger partial charge in [-0.05, 0) is 60.5 Å². The SMILES string of the molecule is CC1CCc2cccc(C3C(C)C(C)C(C)C3C)c2N1. The highest BCUT2D eigenvalue weighted by molar-refractivity contribution is 5.61. The van der Waals surface area contributed by atoms with Gasteiger partial charge in [0.1, 0.15) is 0 Å². The minimum atomic E-state index is 0.616. The molecule has 1 fully saturated rings. The fourth-order valence-electron chi connectivity index (χ4n) is 4.63. The first-order valence-electron chi connectivity index (χ1n) is 8.39. The largest absolute Gasteiger partial charge is 0.382 e. The van der Waals surface area contributed by atoms with E-state index in [0.29, 0.717) is 12.0 Å². The van der Waals surface area contributed by atoms with Crippen LogP contribution in [0.15, 0.2) is 18.2 Å². The zero-order chi connectivity index (χ0) is 14.4. The third-order valence-electron chi connectivity index (χ3n) is 6.40. The number of para-hydroxylation sites is 1.